The maximum Gasteiger partial charge on any atom is 0.164 e. The normalized spacial score (nSPS) is 13.6. The van der Waals surface area contributed by atoms with Crippen molar-refractivity contribution in [1.29, 1.82) is 5.26 Å². The third kappa shape index (κ3) is 6.69. The van der Waals surface area contributed by atoms with Gasteiger partial charge in [0, 0.05) is 22.1 Å². The molecule has 11 rings (SSSR count). The van der Waals surface area contributed by atoms with Crippen LogP contribution < -0.4 is 0 Å². The fourth-order valence-corrected chi connectivity index (χ4v) is 9.89. The second kappa shape index (κ2) is 15.7. The van der Waals surface area contributed by atoms with E-state index < -0.39 is 0 Å². The Balaban J connectivity index is 0.886. The lowest BCUT2D eigenvalue weighted by Crippen LogP contribution is -2.28. The number of aromatic nitrogens is 3. The first-order chi connectivity index (χ1) is 30.6. The lowest BCUT2D eigenvalue weighted by atomic mass is 9.67. The molecule has 8 aromatic carbocycles. The molecule has 1 fully saturated rings. The molecule has 1 spiro atoms. The molecule has 9 aromatic rings. The summed E-state index contributed by atoms with van der Waals surface area (Å²) in [6.45, 7) is 0. The summed E-state index contributed by atoms with van der Waals surface area (Å²) in [4.78, 5) is 15.0. The summed E-state index contributed by atoms with van der Waals surface area (Å²) < 4.78 is 0. The van der Waals surface area contributed by atoms with Gasteiger partial charge in [-0.1, -0.05) is 195 Å². The summed E-state index contributed by atoms with van der Waals surface area (Å²) in [5, 5.41) is 9.85. The van der Waals surface area contributed by atoms with Gasteiger partial charge >= 0.3 is 0 Å². The zero-order chi connectivity index (χ0) is 41.5. The maximum absolute atomic E-state index is 9.85. The molecule has 0 unspecified atom stereocenters. The predicted molar refractivity (Wildman–Crippen MR) is 252 cm³/mol. The highest BCUT2D eigenvalue weighted by atomic mass is 15.0. The molecule has 294 valence electrons. The summed E-state index contributed by atoms with van der Waals surface area (Å²) in [5.74, 6) is 1.91. The van der Waals surface area contributed by atoms with E-state index in [2.05, 4.69) is 158 Å². The van der Waals surface area contributed by atoms with Crippen LogP contribution in [-0.4, -0.2) is 15.0 Å². The van der Waals surface area contributed by atoms with Crippen molar-refractivity contribution in [1.82, 2.24) is 15.0 Å². The Morgan fingerprint density at radius 2 is 0.823 bits per heavy atom. The average molecular weight is 795 g/mol. The van der Waals surface area contributed by atoms with Gasteiger partial charge in [-0.05, 0) is 97.8 Å². The Labute approximate surface area is 362 Å². The van der Waals surface area contributed by atoms with Crippen molar-refractivity contribution in [2.24, 2.45) is 0 Å². The fourth-order valence-electron chi connectivity index (χ4n) is 9.89. The SMILES string of the molecule is N#Cc1ccc2c(c1)-c1c(-c3ccc(-c4ccc(-c5cccc(-c6nc(-c7ccccc7)nc(-c7ccc(-c8ccccc8)cc7)n6)c5)cc4)cc3)cccc1C21CCCCC1. The number of hydrogen-bond donors (Lipinski definition) is 0. The fraction of sp³-hybridized carbons (Fsp3) is 0.103. The standard InChI is InChI=1S/C58H42N4/c59-38-39-20-33-52-51(36-39)54-50(18-11-19-53(54)58(52)34-8-3-9-35-58)45-29-25-43(26-30-45)42-21-23-44(24-22-42)48-16-10-17-49(37-48)57-61-55(46-14-6-2-7-15-46)60-56(62-57)47-31-27-41(28-32-47)40-12-4-1-5-13-40/h1-2,4-7,10-33,36-37H,3,8-9,34-35H2. The first-order valence-corrected chi connectivity index (χ1v) is 21.6. The van der Waals surface area contributed by atoms with Crippen LogP contribution in [-0.2, 0) is 5.41 Å². The van der Waals surface area contributed by atoms with Crippen molar-refractivity contribution in [2.45, 2.75) is 37.5 Å². The van der Waals surface area contributed by atoms with Gasteiger partial charge in [0.1, 0.15) is 0 Å². The monoisotopic (exact) mass is 794 g/mol. The molecular formula is C58H42N4. The topological polar surface area (TPSA) is 62.5 Å². The molecule has 4 nitrogen and oxygen atoms in total. The molecule has 0 radical (unpaired) electrons. The van der Waals surface area contributed by atoms with Crippen LogP contribution >= 0.6 is 0 Å². The minimum Gasteiger partial charge on any atom is -0.208 e. The van der Waals surface area contributed by atoms with Gasteiger partial charge in [0.25, 0.3) is 0 Å². The van der Waals surface area contributed by atoms with Crippen LogP contribution in [0.15, 0.2) is 194 Å². The third-order valence-corrected chi connectivity index (χ3v) is 13.0. The van der Waals surface area contributed by atoms with E-state index in [9.17, 15) is 5.26 Å². The highest BCUT2D eigenvalue weighted by Gasteiger charge is 2.44. The van der Waals surface area contributed by atoms with E-state index in [1.807, 2.05) is 42.5 Å². The smallest absolute Gasteiger partial charge is 0.164 e. The zero-order valence-corrected chi connectivity index (χ0v) is 34.3. The van der Waals surface area contributed by atoms with Crippen molar-refractivity contribution in [3.8, 4) is 95.9 Å². The van der Waals surface area contributed by atoms with Crippen LogP contribution in [0.1, 0.15) is 48.8 Å². The van der Waals surface area contributed by atoms with Crippen LogP contribution in [0.5, 0.6) is 0 Å². The van der Waals surface area contributed by atoms with Crippen LogP contribution in [0.2, 0.25) is 0 Å². The van der Waals surface area contributed by atoms with Gasteiger partial charge in [0.05, 0.1) is 11.6 Å². The molecule has 2 aliphatic rings. The van der Waals surface area contributed by atoms with E-state index in [0.717, 1.165) is 44.5 Å². The lowest BCUT2D eigenvalue weighted by Gasteiger charge is -2.36. The molecule has 0 amide bonds. The van der Waals surface area contributed by atoms with Gasteiger partial charge in [-0.3, -0.25) is 0 Å². The number of benzene rings is 8. The molecule has 4 heteroatoms. The minimum atomic E-state index is 0.0450. The summed E-state index contributed by atoms with van der Waals surface area (Å²) in [6, 6.07) is 70.8. The molecule has 0 bridgehead atoms. The van der Waals surface area contributed by atoms with E-state index in [1.165, 1.54) is 76.6 Å². The minimum absolute atomic E-state index is 0.0450. The molecule has 0 saturated heterocycles. The lowest BCUT2D eigenvalue weighted by molar-refractivity contribution is 0.353. The first-order valence-electron chi connectivity index (χ1n) is 21.6. The Kier molecular flexibility index (Phi) is 9.44. The van der Waals surface area contributed by atoms with Crippen LogP contribution in [0.3, 0.4) is 0 Å². The number of nitriles is 1. The number of fused-ring (bicyclic) bond motifs is 5. The van der Waals surface area contributed by atoms with E-state index in [0.29, 0.717) is 17.5 Å². The molecule has 2 aliphatic carbocycles. The second-order valence-electron chi connectivity index (χ2n) is 16.6. The molecule has 0 aliphatic heterocycles. The summed E-state index contributed by atoms with van der Waals surface area (Å²) in [7, 11) is 0. The van der Waals surface area contributed by atoms with Crippen molar-refractivity contribution in [3.05, 3.63) is 211 Å². The number of rotatable bonds is 7. The van der Waals surface area contributed by atoms with E-state index >= 15 is 0 Å². The Hall–Kier alpha value is -7.74. The molecule has 62 heavy (non-hydrogen) atoms. The maximum atomic E-state index is 9.85. The molecule has 1 heterocycles. The second-order valence-corrected chi connectivity index (χ2v) is 16.6. The quantitative estimate of drug-likeness (QED) is 0.161. The molecule has 1 saturated carbocycles. The summed E-state index contributed by atoms with van der Waals surface area (Å²) >= 11 is 0. The number of hydrogen-bond acceptors (Lipinski definition) is 4. The number of nitrogens with zero attached hydrogens (tertiary/aromatic N) is 4. The largest absolute Gasteiger partial charge is 0.208 e. The van der Waals surface area contributed by atoms with E-state index in [-0.39, 0.29) is 5.41 Å². The highest BCUT2D eigenvalue weighted by molar-refractivity contribution is 5.93. The van der Waals surface area contributed by atoms with Crippen LogP contribution in [0.4, 0.5) is 0 Å². The van der Waals surface area contributed by atoms with Gasteiger partial charge in [-0.25, -0.2) is 15.0 Å². The Morgan fingerprint density at radius 1 is 0.355 bits per heavy atom. The van der Waals surface area contributed by atoms with Crippen molar-refractivity contribution >= 4 is 0 Å². The van der Waals surface area contributed by atoms with Crippen LogP contribution in [0.25, 0.3) is 89.8 Å². The molecule has 1 aromatic heterocycles. The van der Waals surface area contributed by atoms with Crippen molar-refractivity contribution < 1.29 is 0 Å². The highest BCUT2D eigenvalue weighted by Crippen LogP contribution is 2.58. The van der Waals surface area contributed by atoms with Gasteiger partial charge in [-0.15, -0.1) is 0 Å². The average Bonchev–Trinajstić information content (AvgIpc) is 3.62. The zero-order valence-electron chi connectivity index (χ0n) is 34.3. The van der Waals surface area contributed by atoms with Crippen LogP contribution in [0, 0.1) is 11.3 Å². The summed E-state index contributed by atoms with van der Waals surface area (Å²) in [6.07, 6.45) is 6.10. The van der Waals surface area contributed by atoms with Crippen molar-refractivity contribution in [3.63, 3.8) is 0 Å². The third-order valence-electron chi connectivity index (χ3n) is 13.0. The van der Waals surface area contributed by atoms with Gasteiger partial charge in [-0.2, -0.15) is 5.26 Å². The first kappa shape index (κ1) is 37.3. The van der Waals surface area contributed by atoms with Gasteiger partial charge in [0.2, 0.25) is 0 Å². The van der Waals surface area contributed by atoms with Crippen molar-refractivity contribution in [2.75, 3.05) is 0 Å². The molecule has 0 atom stereocenters. The van der Waals surface area contributed by atoms with E-state index in [1.54, 1.807) is 0 Å². The Bertz CT molecular complexity index is 3120. The van der Waals surface area contributed by atoms with E-state index in [4.69, 9.17) is 15.0 Å². The van der Waals surface area contributed by atoms with Gasteiger partial charge in [0.15, 0.2) is 17.5 Å². The van der Waals surface area contributed by atoms with Gasteiger partial charge < -0.3 is 0 Å². The molecular weight excluding hydrogens is 753 g/mol. The summed E-state index contributed by atoms with van der Waals surface area (Å²) in [5.41, 5.74) is 18.2. The Morgan fingerprint density at radius 3 is 1.44 bits per heavy atom. The molecule has 0 N–H and O–H groups in total. The predicted octanol–water partition coefficient (Wildman–Crippen LogP) is 14.6.